The summed E-state index contributed by atoms with van der Waals surface area (Å²) in [7, 11) is 1.82. The molecule has 0 aliphatic carbocycles. The van der Waals surface area contributed by atoms with Crippen LogP contribution in [0.15, 0.2) is 24.3 Å². The van der Waals surface area contributed by atoms with E-state index in [1.54, 1.807) is 0 Å². The highest BCUT2D eigenvalue weighted by molar-refractivity contribution is 14.2. The first-order chi connectivity index (χ1) is 9.51. The maximum absolute atomic E-state index is 12.5. The van der Waals surface area contributed by atoms with Gasteiger partial charge in [0.25, 0.3) is 0 Å². The molecular weight excluding hydrogens is 379 g/mol. The van der Waals surface area contributed by atoms with E-state index in [1.807, 2.05) is 28.0 Å². The molecule has 1 nitrogen and oxygen atoms in total. The number of rotatable bonds is 7. The van der Waals surface area contributed by atoms with Crippen LogP contribution < -0.4 is 0 Å². The molecule has 0 heterocycles. The van der Waals surface area contributed by atoms with Gasteiger partial charge in [-0.05, 0) is 51.6 Å². The van der Waals surface area contributed by atoms with Crippen molar-refractivity contribution in [3.8, 4) is 0 Å². The number of halogens is 1. The monoisotopic (exact) mass is 402 g/mol. The van der Waals surface area contributed by atoms with E-state index in [0.717, 1.165) is 23.3 Å². The minimum absolute atomic E-state index is 0.0891. The van der Waals surface area contributed by atoms with Crippen LogP contribution in [0.2, 0.25) is 0 Å². The van der Waals surface area contributed by atoms with Gasteiger partial charge in [0.05, 0.1) is 0 Å². The molecule has 0 aliphatic heterocycles. The van der Waals surface area contributed by atoms with E-state index in [2.05, 4.69) is 60.2 Å². The number of carbonyl (C=O) groups excluding carboxylic acids is 1. The third-order valence-electron chi connectivity index (χ3n) is 3.57. The van der Waals surface area contributed by atoms with Gasteiger partial charge in [0.2, 0.25) is 0 Å². The lowest BCUT2D eigenvalue weighted by atomic mass is 9.91. The van der Waals surface area contributed by atoms with Crippen LogP contribution >= 0.6 is 30.1 Å². The number of aryl methyl sites for hydroxylation is 1. The fraction of sp³-hybridized carbons (Fsp3) is 0.471. The third kappa shape index (κ3) is 4.92. The van der Waals surface area contributed by atoms with Gasteiger partial charge >= 0.3 is 0 Å². The molecule has 0 aromatic heterocycles. The zero-order chi connectivity index (χ0) is 15.1. The lowest BCUT2D eigenvalue weighted by molar-refractivity contribution is 0.0927. The number of hydrogen-bond acceptors (Lipinski definition) is 2. The van der Waals surface area contributed by atoms with E-state index in [0.29, 0.717) is 5.92 Å². The second-order valence-electron chi connectivity index (χ2n) is 5.32. The number of allylic oxidation sites excluding steroid dienone is 1. The van der Waals surface area contributed by atoms with Gasteiger partial charge in [-0.3, -0.25) is 4.79 Å². The Morgan fingerprint density at radius 2 is 2.10 bits per heavy atom. The number of hydrogen-bond donors (Lipinski definition) is 0. The van der Waals surface area contributed by atoms with Crippen molar-refractivity contribution in [3.63, 3.8) is 0 Å². The lowest BCUT2D eigenvalue weighted by Gasteiger charge is -2.13. The van der Waals surface area contributed by atoms with Gasteiger partial charge in [-0.15, -0.1) is 0 Å². The van der Waals surface area contributed by atoms with Crippen molar-refractivity contribution >= 4 is 42.0 Å². The summed E-state index contributed by atoms with van der Waals surface area (Å²) < 4.78 is 0. The Balaban J connectivity index is 3.09. The van der Waals surface area contributed by atoms with E-state index >= 15 is 0 Å². The maximum atomic E-state index is 12.5. The highest BCUT2D eigenvalue weighted by Crippen LogP contribution is 2.23. The molecule has 0 radical (unpaired) electrons. The Bertz CT molecular complexity index is 482. The predicted octanol–water partition coefficient (Wildman–Crippen LogP) is 5.96. The average Bonchev–Trinajstić information content (AvgIpc) is 2.44. The van der Waals surface area contributed by atoms with Gasteiger partial charge < -0.3 is 0 Å². The summed E-state index contributed by atoms with van der Waals surface area (Å²) in [6.07, 6.45) is 5.22. The zero-order valence-electron chi connectivity index (χ0n) is 12.7. The summed E-state index contributed by atoms with van der Waals surface area (Å²) in [4.78, 5) is 12.5. The van der Waals surface area contributed by atoms with Crippen LogP contribution in [0.4, 0.5) is 0 Å². The van der Waals surface area contributed by atoms with E-state index in [1.165, 1.54) is 5.56 Å². The van der Waals surface area contributed by atoms with Gasteiger partial charge in [-0.25, -0.2) is 0 Å². The number of benzene rings is 1. The van der Waals surface area contributed by atoms with Crippen molar-refractivity contribution in [3.05, 3.63) is 41.0 Å². The summed E-state index contributed by atoms with van der Waals surface area (Å²) in [5.41, 5.74) is 3.12. The first-order valence-electron chi connectivity index (χ1n) is 7.06. The largest absolute Gasteiger partial charge is 0.294 e. The molecule has 0 bridgehead atoms. The van der Waals surface area contributed by atoms with Gasteiger partial charge in [-0.2, -0.15) is 0 Å². The molecule has 0 saturated heterocycles. The smallest absolute Gasteiger partial charge is 0.166 e. The molecule has 0 N–H and O–H groups in total. The van der Waals surface area contributed by atoms with Crippen molar-refractivity contribution in [2.75, 3.05) is 5.75 Å². The van der Waals surface area contributed by atoms with Crippen molar-refractivity contribution < 1.29 is 4.79 Å². The number of Topliss-reactive ketones (excluding diaryl/α,β-unsaturated/α-hetero) is 1. The van der Waals surface area contributed by atoms with Crippen LogP contribution in [-0.4, -0.2) is 11.5 Å². The third-order valence-corrected chi connectivity index (χ3v) is 5.30. The Labute approximate surface area is 139 Å². The van der Waals surface area contributed by atoms with E-state index in [-0.39, 0.29) is 11.7 Å². The molecule has 0 spiro atoms. The summed E-state index contributed by atoms with van der Waals surface area (Å²) in [6.45, 7) is 8.35. The molecule has 110 valence electrons. The van der Waals surface area contributed by atoms with Crippen LogP contribution in [-0.2, 0) is 0 Å². The first-order valence-corrected chi connectivity index (χ1v) is 10.6. The SMILES string of the molecule is CCC(C)C(=O)c1cccc(C)c1/C=C\C(C)CSI. The fourth-order valence-electron chi connectivity index (χ4n) is 1.98. The second-order valence-corrected chi connectivity index (χ2v) is 7.74. The summed E-state index contributed by atoms with van der Waals surface area (Å²) in [5, 5.41) is 0. The summed E-state index contributed by atoms with van der Waals surface area (Å²) in [5.74, 6) is 1.96. The van der Waals surface area contributed by atoms with Crippen molar-refractivity contribution in [2.24, 2.45) is 11.8 Å². The van der Waals surface area contributed by atoms with Crippen molar-refractivity contribution in [1.82, 2.24) is 0 Å². The molecule has 0 amide bonds. The molecule has 20 heavy (non-hydrogen) atoms. The highest BCUT2D eigenvalue weighted by Gasteiger charge is 2.16. The standard InChI is InChI=1S/C17H23IOS/c1-5-13(3)17(19)16-8-6-7-14(4)15(16)10-9-12(2)11-20-18/h6-10,12-13H,5,11H2,1-4H3/b10-9-. The minimum atomic E-state index is 0.0891. The number of ketones is 1. The molecule has 0 aliphatic rings. The van der Waals surface area contributed by atoms with Crippen LogP contribution in [0.25, 0.3) is 6.08 Å². The summed E-state index contributed by atoms with van der Waals surface area (Å²) in [6, 6.07) is 6.01. The summed E-state index contributed by atoms with van der Waals surface area (Å²) >= 11 is 2.32. The first kappa shape index (κ1) is 17.8. The van der Waals surface area contributed by atoms with Crippen LogP contribution in [0.3, 0.4) is 0 Å². The molecule has 0 fully saturated rings. The van der Waals surface area contributed by atoms with Gasteiger partial charge in [0, 0.05) is 17.2 Å². The normalized spacial score (nSPS) is 14.4. The van der Waals surface area contributed by atoms with E-state index in [4.69, 9.17) is 0 Å². The molecule has 0 saturated carbocycles. The quantitative estimate of drug-likeness (QED) is 0.414. The van der Waals surface area contributed by atoms with Gasteiger partial charge in [0.1, 0.15) is 0 Å². The Morgan fingerprint density at radius 1 is 1.40 bits per heavy atom. The number of carbonyl (C=O) groups is 1. The van der Waals surface area contributed by atoms with Crippen LogP contribution in [0, 0.1) is 18.8 Å². The van der Waals surface area contributed by atoms with Gasteiger partial charge in [-0.1, -0.05) is 60.1 Å². The lowest BCUT2D eigenvalue weighted by Crippen LogP contribution is -2.12. The molecule has 1 rings (SSSR count). The predicted molar refractivity (Wildman–Crippen MR) is 99.6 cm³/mol. The van der Waals surface area contributed by atoms with Crippen LogP contribution in [0.5, 0.6) is 0 Å². The highest BCUT2D eigenvalue weighted by atomic mass is 127. The zero-order valence-corrected chi connectivity index (χ0v) is 15.6. The molecule has 1 aromatic carbocycles. The molecule has 3 heteroatoms. The fourth-order valence-corrected chi connectivity index (χ4v) is 3.99. The van der Waals surface area contributed by atoms with E-state index in [9.17, 15) is 4.79 Å². The Morgan fingerprint density at radius 3 is 2.70 bits per heavy atom. The Hall–Kier alpha value is -0.290. The van der Waals surface area contributed by atoms with Crippen LogP contribution in [0.1, 0.15) is 48.7 Å². The van der Waals surface area contributed by atoms with Crippen molar-refractivity contribution in [2.45, 2.75) is 34.1 Å². The van der Waals surface area contributed by atoms with E-state index < -0.39 is 0 Å². The maximum Gasteiger partial charge on any atom is 0.166 e. The molecule has 1 aromatic rings. The second kappa shape index (κ2) is 8.88. The van der Waals surface area contributed by atoms with Crippen molar-refractivity contribution in [1.29, 1.82) is 0 Å². The average molecular weight is 402 g/mol. The topological polar surface area (TPSA) is 17.1 Å². The molecular formula is C17H23IOS. The molecule has 2 atom stereocenters. The minimum Gasteiger partial charge on any atom is -0.294 e. The van der Waals surface area contributed by atoms with Gasteiger partial charge in [0.15, 0.2) is 5.78 Å². The Kier molecular flexibility index (Phi) is 7.88. The molecule has 2 unspecified atom stereocenters.